The fourth-order valence-electron chi connectivity index (χ4n) is 3.11. The van der Waals surface area contributed by atoms with Gasteiger partial charge in [-0.05, 0) is 31.2 Å². The van der Waals surface area contributed by atoms with Crippen LogP contribution in [0.1, 0.15) is 29.4 Å². The van der Waals surface area contributed by atoms with Crippen molar-refractivity contribution in [2.45, 2.75) is 38.9 Å². The third kappa shape index (κ3) is 5.64. The highest BCUT2D eigenvalue weighted by Gasteiger charge is 2.19. The molecule has 1 saturated heterocycles. The molecule has 1 aliphatic rings. The molecule has 27 heavy (non-hydrogen) atoms. The number of hydrogen-bond donors (Lipinski definition) is 2. The molecule has 0 aliphatic carbocycles. The average molecular weight is 388 g/mol. The van der Waals surface area contributed by atoms with E-state index in [0.29, 0.717) is 12.6 Å². The van der Waals surface area contributed by atoms with Crippen molar-refractivity contribution >= 4 is 17.3 Å². The zero-order valence-corrected chi connectivity index (χ0v) is 17.0. The van der Waals surface area contributed by atoms with Crippen molar-refractivity contribution in [3.05, 3.63) is 46.7 Å². The van der Waals surface area contributed by atoms with E-state index in [-0.39, 0.29) is 0 Å². The number of likely N-dealkylation sites (tertiary alicyclic amines) is 1. The van der Waals surface area contributed by atoms with Crippen LogP contribution in [0.3, 0.4) is 0 Å². The lowest BCUT2D eigenvalue weighted by Crippen LogP contribution is -2.48. The van der Waals surface area contributed by atoms with Gasteiger partial charge in [0.05, 0.1) is 6.54 Å². The van der Waals surface area contributed by atoms with Crippen molar-refractivity contribution in [2.24, 2.45) is 12.0 Å². The zero-order chi connectivity index (χ0) is 19.1. The zero-order valence-electron chi connectivity index (χ0n) is 16.2. The number of aryl methyl sites for hydroxylation is 1. The van der Waals surface area contributed by atoms with Crippen molar-refractivity contribution in [1.82, 2.24) is 30.3 Å². The molecule has 146 valence electrons. The van der Waals surface area contributed by atoms with Gasteiger partial charge in [0.2, 0.25) is 0 Å². The molecule has 7 nitrogen and oxygen atoms in total. The van der Waals surface area contributed by atoms with E-state index in [9.17, 15) is 0 Å². The first-order valence-electron chi connectivity index (χ1n) is 9.41. The van der Waals surface area contributed by atoms with Crippen molar-refractivity contribution in [3.63, 3.8) is 0 Å². The minimum atomic E-state index is 0.432. The van der Waals surface area contributed by atoms with Crippen LogP contribution in [0.2, 0.25) is 0 Å². The maximum atomic E-state index is 4.76. The summed E-state index contributed by atoms with van der Waals surface area (Å²) in [5.41, 5.74) is 0. The van der Waals surface area contributed by atoms with Gasteiger partial charge in [0.15, 0.2) is 11.8 Å². The first kappa shape index (κ1) is 19.6. The Kier molecular flexibility index (Phi) is 7.00. The summed E-state index contributed by atoms with van der Waals surface area (Å²) in [5, 5.41) is 17.5. The highest BCUT2D eigenvalue weighted by Crippen LogP contribution is 2.11. The topological polar surface area (TPSA) is 70.4 Å². The van der Waals surface area contributed by atoms with Crippen molar-refractivity contribution in [2.75, 3.05) is 19.6 Å². The molecule has 0 spiro atoms. The van der Waals surface area contributed by atoms with Crippen LogP contribution in [-0.2, 0) is 20.1 Å². The number of nitrogens with one attached hydrogen (secondary N) is 2. The highest BCUT2D eigenvalue weighted by atomic mass is 32.1. The second kappa shape index (κ2) is 9.66. The summed E-state index contributed by atoms with van der Waals surface area (Å²) < 4.78 is 1.98. The van der Waals surface area contributed by atoms with Gasteiger partial charge in [-0.1, -0.05) is 12.1 Å². The summed E-state index contributed by atoms with van der Waals surface area (Å²) in [6.45, 7) is 10.2. The molecular weight excluding hydrogens is 358 g/mol. The lowest BCUT2D eigenvalue weighted by molar-refractivity contribution is 0.225. The van der Waals surface area contributed by atoms with Gasteiger partial charge in [-0.15, -0.1) is 28.1 Å². The third-order valence-electron chi connectivity index (χ3n) is 4.89. The van der Waals surface area contributed by atoms with Gasteiger partial charge >= 0.3 is 0 Å². The van der Waals surface area contributed by atoms with Crippen LogP contribution in [0.5, 0.6) is 0 Å². The SMILES string of the molecule is C=CCN1CCC(NC(=NCc2nnc(C)n2C)NCc2cccs2)CC1. The third-order valence-corrected chi connectivity index (χ3v) is 5.76. The molecule has 0 bridgehead atoms. The molecule has 8 heteroatoms. The number of aliphatic imine (C=N–C) groups is 1. The number of hydrogen-bond acceptors (Lipinski definition) is 5. The van der Waals surface area contributed by atoms with E-state index in [2.05, 4.69) is 49.8 Å². The van der Waals surface area contributed by atoms with Gasteiger partial charge in [0.1, 0.15) is 12.4 Å². The second-order valence-corrected chi connectivity index (χ2v) is 7.86. The Morgan fingerprint density at radius 1 is 1.41 bits per heavy atom. The van der Waals surface area contributed by atoms with Crippen LogP contribution in [0.15, 0.2) is 35.2 Å². The van der Waals surface area contributed by atoms with Gasteiger partial charge in [-0.3, -0.25) is 4.90 Å². The molecule has 1 aliphatic heterocycles. The van der Waals surface area contributed by atoms with E-state index in [1.54, 1.807) is 11.3 Å². The lowest BCUT2D eigenvalue weighted by atomic mass is 10.1. The molecule has 3 rings (SSSR count). The number of nitrogens with zero attached hydrogens (tertiary/aromatic N) is 5. The molecule has 0 unspecified atom stereocenters. The predicted molar refractivity (Wildman–Crippen MR) is 111 cm³/mol. The predicted octanol–water partition coefficient (Wildman–Crippen LogP) is 2.07. The molecule has 2 aromatic heterocycles. The smallest absolute Gasteiger partial charge is 0.192 e. The molecule has 1 fully saturated rings. The summed E-state index contributed by atoms with van der Waals surface area (Å²) in [5.74, 6) is 2.60. The summed E-state index contributed by atoms with van der Waals surface area (Å²) in [4.78, 5) is 8.49. The van der Waals surface area contributed by atoms with E-state index in [1.807, 2.05) is 24.6 Å². The number of thiophene rings is 1. The second-order valence-electron chi connectivity index (χ2n) is 6.83. The van der Waals surface area contributed by atoms with Crippen LogP contribution in [0.4, 0.5) is 0 Å². The van der Waals surface area contributed by atoms with Crippen molar-refractivity contribution in [3.8, 4) is 0 Å². The average Bonchev–Trinajstić information content (AvgIpc) is 3.30. The highest BCUT2D eigenvalue weighted by molar-refractivity contribution is 7.09. The monoisotopic (exact) mass is 387 g/mol. The number of guanidine groups is 1. The Bertz CT molecular complexity index is 742. The molecular formula is C19H29N7S. The van der Waals surface area contributed by atoms with Crippen LogP contribution >= 0.6 is 11.3 Å². The van der Waals surface area contributed by atoms with Gasteiger partial charge in [-0.2, -0.15) is 0 Å². The quantitative estimate of drug-likeness (QED) is 0.432. The minimum Gasteiger partial charge on any atom is -0.354 e. The van der Waals surface area contributed by atoms with Gasteiger partial charge in [0, 0.05) is 37.6 Å². The summed E-state index contributed by atoms with van der Waals surface area (Å²) in [6.07, 6.45) is 4.19. The van der Waals surface area contributed by atoms with E-state index in [4.69, 9.17) is 4.99 Å². The fourth-order valence-corrected chi connectivity index (χ4v) is 3.76. The number of aromatic nitrogens is 3. The lowest BCUT2D eigenvalue weighted by Gasteiger charge is -2.32. The summed E-state index contributed by atoms with van der Waals surface area (Å²) in [7, 11) is 1.97. The maximum Gasteiger partial charge on any atom is 0.192 e. The van der Waals surface area contributed by atoms with Crippen LogP contribution in [0.25, 0.3) is 0 Å². The molecule has 2 N–H and O–H groups in total. The summed E-state index contributed by atoms with van der Waals surface area (Å²) >= 11 is 1.75. The van der Waals surface area contributed by atoms with Gasteiger partial charge in [0.25, 0.3) is 0 Å². The normalized spacial score (nSPS) is 16.4. The van der Waals surface area contributed by atoms with Crippen molar-refractivity contribution in [1.29, 1.82) is 0 Å². The van der Waals surface area contributed by atoms with E-state index < -0.39 is 0 Å². The maximum absolute atomic E-state index is 4.76. The Morgan fingerprint density at radius 3 is 2.85 bits per heavy atom. The first-order valence-corrected chi connectivity index (χ1v) is 10.3. The Hall–Kier alpha value is -2.19. The molecule has 0 saturated carbocycles. The van der Waals surface area contributed by atoms with Crippen LogP contribution in [-0.4, -0.2) is 51.3 Å². The summed E-state index contributed by atoms with van der Waals surface area (Å²) in [6, 6.07) is 4.64. The Morgan fingerprint density at radius 2 is 2.22 bits per heavy atom. The molecule has 0 amide bonds. The van der Waals surface area contributed by atoms with Gasteiger partial charge < -0.3 is 15.2 Å². The number of piperidine rings is 1. The van der Waals surface area contributed by atoms with Crippen molar-refractivity contribution < 1.29 is 0 Å². The first-order chi connectivity index (χ1) is 13.2. The molecule has 2 aromatic rings. The number of rotatable bonds is 7. The van der Waals surface area contributed by atoms with E-state index >= 15 is 0 Å². The van der Waals surface area contributed by atoms with Gasteiger partial charge in [-0.25, -0.2) is 4.99 Å². The molecule has 0 aromatic carbocycles. The minimum absolute atomic E-state index is 0.432. The Labute approximate surface area is 165 Å². The van der Waals surface area contributed by atoms with Crippen LogP contribution < -0.4 is 10.6 Å². The van der Waals surface area contributed by atoms with E-state index in [1.165, 1.54) is 4.88 Å². The molecule has 3 heterocycles. The molecule has 0 atom stereocenters. The Balaban J connectivity index is 1.61. The standard InChI is InChI=1S/C19H29N7S/c1-4-9-26-10-7-16(8-11-26)22-19(20-13-17-6-5-12-27-17)21-14-18-24-23-15(2)25(18)3/h4-6,12,16H,1,7-11,13-14H2,2-3H3,(H2,20,21,22). The van der Waals surface area contributed by atoms with E-state index in [0.717, 1.165) is 56.6 Å². The fraction of sp³-hybridized carbons (Fsp3) is 0.526. The molecule has 0 radical (unpaired) electrons. The van der Waals surface area contributed by atoms with Crippen LogP contribution in [0, 0.1) is 6.92 Å². The largest absolute Gasteiger partial charge is 0.354 e.